The van der Waals surface area contributed by atoms with Gasteiger partial charge in [-0.3, -0.25) is 10.1 Å². The Balaban J connectivity index is 1.43. The van der Waals surface area contributed by atoms with E-state index in [2.05, 4.69) is 4.99 Å². The first-order chi connectivity index (χ1) is 15.0. The molecule has 1 aliphatic heterocycles. The quantitative estimate of drug-likeness (QED) is 0.231. The number of hydrogen-bond donors (Lipinski definition) is 0. The van der Waals surface area contributed by atoms with Gasteiger partial charge in [-0.2, -0.15) is 0 Å². The van der Waals surface area contributed by atoms with Crippen LogP contribution in [-0.4, -0.2) is 16.8 Å². The van der Waals surface area contributed by atoms with E-state index in [1.54, 1.807) is 66.7 Å². The van der Waals surface area contributed by atoms with Crippen molar-refractivity contribution >= 4 is 35.2 Å². The Kier molecular flexibility index (Phi) is 5.77. The molecule has 1 heterocycles. The molecule has 0 radical (unpaired) electrons. The summed E-state index contributed by atoms with van der Waals surface area (Å²) in [5.74, 6) is 0.244. The van der Waals surface area contributed by atoms with E-state index in [-0.39, 0.29) is 23.9 Å². The number of hydrogen-bond acceptors (Lipinski definition) is 6. The number of halogens is 1. The molecule has 0 spiro atoms. The first-order valence-electron chi connectivity index (χ1n) is 9.23. The van der Waals surface area contributed by atoms with Gasteiger partial charge >= 0.3 is 5.97 Å². The zero-order valence-corrected chi connectivity index (χ0v) is 16.8. The minimum atomic E-state index is -0.548. The largest absolute Gasteiger partial charge is 0.489 e. The van der Waals surface area contributed by atoms with Crippen LogP contribution in [0.5, 0.6) is 5.75 Å². The van der Waals surface area contributed by atoms with E-state index in [0.717, 1.165) is 11.1 Å². The molecule has 0 bridgehead atoms. The Morgan fingerprint density at radius 3 is 2.42 bits per heavy atom. The molecule has 0 saturated heterocycles. The predicted molar refractivity (Wildman–Crippen MR) is 116 cm³/mol. The smallest absolute Gasteiger partial charge is 0.363 e. The molecular weight excluding hydrogens is 420 g/mol. The lowest BCUT2D eigenvalue weighted by Gasteiger charge is -2.06. The van der Waals surface area contributed by atoms with Gasteiger partial charge in [0.05, 0.1) is 15.5 Å². The van der Waals surface area contributed by atoms with Crippen LogP contribution in [0.3, 0.4) is 0 Å². The van der Waals surface area contributed by atoms with Gasteiger partial charge in [0.2, 0.25) is 5.90 Å². The lowest BCUT2D eigenvalue weighted by atomic mass is 10.2. The Morgan fingerprint density at radius 2 is 1.74 bits per heavy atom. The van der Waals surface area contributed by atoms with Gasteiger partial charge in [-0.05, 0) is 53.6 Å². The molecule has 0 aliphatic carbocycles. The van der Waals surface area contributed by atoms with Crippen LogP contribution in [0.2, 0.25) is 5.02 Å². The second-order valence-electron chi connectivity index (χ2n) is 6.60. The summed E-state index contributed by atoms with van der Waals surface area (Å²) in [7, 11) is 0. The van der Waals surface area contributed by atoms with Crippen molar-refractivity contribution in [2.75, 3.05) is 0 Å². The standard InChI is InChI=1S/C23H15ClN2O5/c24-20-4-2-1-3-19(20)22-25-21(23(27)31-22)13-15-7-11-18(12-8-15)30-14-16-5-9-17(10-6-16)26(28)29/h1-13H,14H2/b21-13-. The molecular formula is C23H15ClN2O5. The fraction of sp³-hybridized carbons (Fsp3) is 0.0435. The number of rotatable bonds is 6. The van der Waals surface area contributed by atoms with E-state index < -0.39 is 10.9 Å². The van der Waals surface area contributed by atoms with Gasteiger partial charge in [-0.15, -0.1) is 0 Å². The minimum absolute atomic E-state index is 0.0342. The molecule has 3 aromatic carbocycles. The van der Waals surface area contributed by atoms with Crippen molar-refractivity contribution in [3.05, 3.63) is 110 Å². The number of carbonyl (C=O) groups is 1. The van der Waals surface area contributed by atoms with Crippen molar-refractivity contribution in [1.29, 1.82) is 0 Å². The van der Waals surface area contributed by atoms with Gasteiger partial charge in [-0.25, -0.2) is 9.79 Å². The minimum Gasteiger partial charge on any atom is -0.489 e. The first-order valence-corrected chi connectivity index (χ1v) is 9.61. The van der Waals surface area contributed by atoms with Crippen LogP contribution in [0.4, 0.5) is 5.69 Å². The topological polar surface area (TPSA) is 91.0 Å². The maximum atomic E-state index is 12.2. The summed E-state index contributed by atoms with van der Waals surface area (Å²) >= 11 is 6.14. The molecule has 0 saturated carbocycles. The molecule has 0 fully saturated rings. The van der Waals surface area contributed by atoms with Crippen molar-refractivity contribution in [3.63, 3.8) is 0 Å². The zero-order chi connectivity index (χ0) is 21.8. The highest BCUT2D eigenvalue weighted by atomic mass is 35.5. The van der Waals surface area contributed by atoms with Crippen molar-refractivity contribution in [2.45, 2.75) is 6.61 Å². The van der Waals surface area contributed by atoms with Crippen LogP contribution in [0.15, 0.2) is 83.5 Å². The Bertz CT molecular complexity index is 1200. The second-order valence-corrected chi connectivity index (χ2v) is 7.00. The van der Waals surface area contributed by atoms with E-state index in [0.29, 0.717) is 16.3 Å². The summed E-state index contributed by atoms with van der Waals surface area (Å²) in [4.78, 5) is 26.7. The van der Waals surface area contributed by atoms with Crippen molar-refractivity contribution < 1.29 is 19.2 Å². The van der Waals surface area contributed by atoms with Gasteiger partial charge < -0.3 is 9.47 Å². The summed E-state index contributed by atoms with van der Waals surface area (Å²) in [6.45, 7) is 0.274. The maximum absolute atomic E-state index is 12.2. The van der Waals surface area contributed by atoms with Crippen LogP contribution < -0.4 is 4.74 Å². The number of cyclic esters (lactones) is 1. The molecule has 0 atom stereocenters. The fourth-order valence-corrected chi connectivity index (χ4v) is 3.07. The highest BCUT2D eigenvalue weighted by Crippen LogP contribution is 2.24. The Morgan fingerprint density at radius 1 is 1.03 bits per heavy atom. The van der Waals surface area contributed by atoms with Gasteiger partial charge in [-0.1, -0.05) is 35.9 Å². The van der Waals surface area contributed by atoms with Crippen LogP contribution in [0.1, 0.15) is 16.7 Å². The summed E-state index contributed by atoms with van der Waals surface area (Å²) in [6, 6.07) is 20.3. The third kappa shape index (κ3) is 4.79. The first kappa shape index (κ1) is 20.3. The summed E-state index contributed by atoms with van der Waals surface area (Å²) in [5, 5.41) is 11.1. The zero-order valence-electron chi connectivity index (χ0n) is 16.0. The number of carbonyl (C=O) groups excluding carboxylic acids is 1. The van der Waals surface area contributed by atoms with Crippen LogP contribution in [0.25, 0.3) is 6.08 Å². The Labute approximate surface area is 182 Å². The number of benzene rings is 3. The summed E-state index contributed by atoms with van der Waals surface area (Å²) in [5.41, 5.74) is 2.32. The van der Waals surface area contributed by atoms with Crippen molar-refractivity contribution in [1.82, 2.24) is 0 Å². The van der Waals surface area contributed by atoms with Crippen molar-refractivity contribution in [3.8, 4) is 5.75 Å². The molecule has 8 heteroatoms. The molecule has 0 aromatic heterocycles. The molecule has 0 N–H and O–H groups in total. The number of non-ortho nitro benzene ring substituents is 1. The summed E-state index contributed by atoms with van der Waals surface area (Å²) in [6.07, 6.45) is 1.62. The molecule has 4 rings (SSSR count). The normalized spacial score (nSPS) is 14.3. The predicted octanol–water partition coefficient (Wildman–Crippen LogP) is 5.17. The average Bonchev–Trinajstić information content (AvgIpc) is 3.13. The lowest BCUT2D eigenvalue weighted by molar-refractivity contribution is -0.384. The Hall–Kier alpha value is -3.97. The van der Waals surface area contributed by atoms with E-state index in [4.69, 9.17) is 21.1 Å². The second kappa shape index (κ2) is 8.81. The van der Waals surface area contributed by atoms with Crippen molar-refractivity contribution in [2.24, 2.45) is 4.99 Å². The van der Waals surface area contributed by atoms with Gasteiger partial charge in [0.15, 0.2) is 5.70 Å². The molecule has 0 unspecified atom stereocenters. The SMILES string of the molecule is O=C1OC(c2ccccc2Cl)=N/C1=C\c1ccc(OCc2ccc([N+](=O)[O-])cc2)cc1. The molecule has 3 aromatic rings. The monoisotopic (exact) mass is 434 g/mol. The lowest BCUT2D eigenvalue weighted by Crippen LogP contribution is -2.05. The third-order valence-corrected chi connectivity index (χ3v) is 4.79. The molecule has 0 amide bonds. The van der Waals surface area contributed by atoms with E-state index in [9.17, 15) is 14.9 Å². The van der Waals surface area contributed by atoms with Gasteiger partial charge in [0, 0.05) is 12.1 Å². The molecule has 154 valence electrons. The van der Waals surface area contributed by atoms with Crippen LogP contribution in [0, 0.1) is 10.1 Å². The van der Waals surface area contributed by atoms with E-state index >= 15 is 0 Å². The highest BCUT2D eigenvalue weighted by molar-refractivity contribution is 6.34. The fourth-order valence-electron chi connectivity index (χ4n) is 2.86. The highest BCUT2D eigenvalue weighted by Gasteiger charge is 2.25. The van der Waals surface area contributed by atoms with E-state index in [1.165, 1.54) is 12.1 Å². The number of ether oxygens (including phenoxy) is 2. The number of nitro benzene ring substituents is 1. The van der Waals surface area contributed by atoms with Crippen LogP contribution >= 0.6 is 11.6 Å². The molecule has 1 aliphatic rings. The van der Waals surface area contributed by atoms with E-state index in [1.807, 2.05) is 0 Å². The number of nitrogens with zero attached hydrogens (tertiary/aromatic N) is 2. The average molecular weight is 435 g/mol. The third-order valence-electron chi connectivity index (χ3n) is 4.46. The summed E-state index contributed by atoms with van der Waals surface area (Å²) < 4.78 is 10.9. The van der Waals surface area contributed by atoms with Gasteiger partial charge in [0.25, 0.3) is 5.69 Å². The van der Waals surface area contributed by atoms with Gasteiger partial charge in [0.1, 0.15) is 12.4 Å². The molecule has 31 heavy (non-hydrogen) atoms. The molecule has 7 nitrogen and oxygen atoms in total. The van der Waals surface area contributed by atoms with Crippen LogP contribution in [-0.2, 0) is 16.1 Å². The maximum Gasteiger partial charge on any atom is 0.363 e. The number of esters is 1. The number of nitro groups is 1. The number of aliphatic imine (C=N–C) groups is 1.